The Morgan fingerprint density at radius 1 is 1.38 bits per heavy atom. The third kappa shape index (κ3) is 6.25. The number of halogens is 2. The lowest BCUT2D eigenvalue weighted by molar-refractivity contribution is -0.137. The van der Waals surface area contributed by atoms with Crippen molar-refractivity contribution in [1.82, 2.24) is 4.72 Å². The van der Waals surface area contributed by atoms with Gasteiger partial charge in [0.15, 0.2) is 0 Å². The summed E-state index contributed by atoms with van der Waals surface area (Å²) < 4.78 is 53.9. The lowest BCUT2D eigenvalue weighted by Crippen LogP contribution is -2.47. The van der Waals surface area contributed by atoms with E-state index in [9.17, 15) is 22.0 Å². The number of aliphatic carboxylic acids is 1. The van der Waals surface area contributed by atoms with Crippen LogP contribution < -0.4 is 4.72 Å². The average Bonchev–Trinajstić information content (AvgIpc) is 2.28. The van der Waals surface area contributed by atoms with Crippen molar-refractivity contribution in [3.63, 3.8) is 0 Å². The first-order chi connectivity index (χ1) is 9.44. The van der Waals surface area contributed by atoms with Crippen LogP contribution >= 0.6 is 0 Å². The number of carboxylic acids is 1. The highest BCUT2D eigenvalue weighted by atomic mass is 32.2. The number of sulfonamides is 1. The number of hydrogen-bond acceptors (Lipinski definition) is 3. The lowest BCUT2D eigenvalue weighted by Gasteiger charge is -2.32. The third-order valence-corrected chi connectivity index (χ3v) is 5.43. The number of rotatable bonds is 7. The molecule has 1 rings (SSSR count). The molecule has 2 N–H and O–H groups in total. The van der Waals surface area contributed by atoms with Gasteiger partial charge in [-0.3, -0.25) is 4.79 Å². The molecule has 1 aliphatic carbocycles. The second kappa shape index (κ2) is 6.56. The smallest absolute Gasteiger partial charge is 0.303 e. The van der Waals surface area contributed by atoms with E-state index in [1.165, 1.54) is 0 Å². The topological polar surface area (TPSA) is 83.5 Å². The summed E-state index contributed by atoms with van der Waals surface area (Å²) in [5, 5.41) is 8.63. The van der Waals surface area contributed by atoms with Gasteiger partial charge in [0, 0.05) is 24.3 Å². The maximum atomic E-state index is 13.7. The first kappa shape index (κ1) is 18.3. The second-order valence-corrected chi connectivity index (χ2v) is 8.13. The SMILES string of the molecule is CC(C)(CCC(=O)O)NS(=O)(=O)CC1CCCCC1(F)F. The summed E-state index contributed by atoms with van der Waals surface area (Å²) in [7, 11) is -3.88. The van der Waals surface area contributed by atoms with E-state index >= 15 is 0 Å². The van der Waals surface area contributed by atoms with E-state index in [4.69, 9.17) is 5.11 Å². The predicted molar refractivity (Wildman–Crippen MR) is 74.8 cm³/mol. The van der Waals surface area contributed by atoms with Crippen molar-refractivity contribution >= 4 is 16.0 Å². The summed E-state index contributed by atoms with van der Waals surface area (Å²) in [5.74, 6) is -5.76. The molecular formula is C13H23F2NO4S. The average molecular weight is 327 g/mol. The third-order valence-electron chi connectivity index (χ3n) is 3.73. The van der Waals surface area contributed by atoms with Crippen LogP contribution in [0, 0.1) is 5.92 Å². The van der Waals surface area contributed by atoms with E-state index in [1.54, 1.807) is 13.8 Å². The van der Waals surface area contributed by atoms with Gasteiger partial charge in [-0.2, -0.15) is 0 Å². The van der Waals surface area contributed by atoms with Gasteiger partial charge in [0.1, 0.15) is 0 Å². The van der Waals surface area contributed by atoms with Crippen molar-refractivity contribution < 1.29 is 27.1 Å². The quantitative estimate of drug-likeness (QED) is 0.752. The van der Waals surface area contributed by atoms with Gasteiger partial charge in [0.05, 0.1) is 5.75 Å². The molecule has 1 aliphatic rings. The molecule has 1 saturated carbocycles. The van der Waals surface area contributed by atoms with Gasteiger partial charge in [0.25, 0.3) is 5.92 Å². The second-order valence-electron chi connectivity index (χ2n) is 6.36. The molecule has 5 nitrogen and oxygen atoms in total. The minimum absolute atomic E-state index is 0.0998. The van der Waals surface area contributed by atoms with Crippen LogP contribution in [0.5, 0.6) is 0 Å². The molecule has 0 radical (unpaired) electrons. The van der Waals surface area contributed by atoms with Gasteiger partial charge < -0.3 is 5.11 Å². The first-order valence-corrected chi connectivity index (χ1v) is 8.70. The van der Waals surface area contributed by atoms with Gasteiger partial charge in [0.2, 0.25) is 10.0 Å². The summed E-state index contributed by atoms with van der Waals surface area (Å²) in [5.41, 5.74) is -0.971. The summed E-state index contributed by atoms with van der Waals surface area (Å²) in [6, 6.07) is 0. The monoisotopic (exact) mass is 327 g/mol. The number of carbonyl (C=O) groups is 1. The summed E-state index contributed by atoms with van der Waals surface area (Å²) in [6.07, 6.45) is 0.871. The van der Waals surface area contributed by atoms with Crippen LogP contribution in [0.1, 0.15) is 52.4 Å². The van der Waals surface area contributed by atoms with Crippen LogP contribution in [0.15, 0.2) is 0 Å². The lowest BCUT2D eigenvalue weighted by atomic mass is 9.87. The van der Waals surface area contributed by atoms with E-state index in [1.807, 2.05) is 0 Å². The van der Waals surface area contributed by atoms with Crippen LogP contribution in [0.4, 0.5) is 8.78 Å². The molecule has 0 spiro atoms. The van der Waals surface area contributed by atoms with E-state index in [0.717, 1.165) is 0 Å². The van der Waals surface area contributed by atoms with Gasteiger partial charge in [-0.05, 0) is 33.1 Å². The molecule has 1 atom stereocenters. The van der Waals surface area contributed by atoms with E-state index < -0.39 is 39.1 Å². The van der Waals surface area contributed by atoms with Gasteiger partial charge in [-0.25, -0.2) is 21.9 Å². The molecule has 21 heavy (non-hydrogen) atoms. The number of hydrogen-bond donors (Lipinski definition) is 2. The molecule has 0 amide bonds. The zero-order chi connectivity index (χ0) is 16.3. The largest absolute Gasteiger partial charge is 0.481 e. The zero-order valence-electron chi connectivity index (χ0n) is 12.4. The summed E-state index contributed by atoms with van der Waals surface area (Å²) in [6.45, 7) is 3.10. The fraction of sp³-hybridized carbons (Fsp3) is 0.923. The molecule has 0 heterocycles. The fourth-order valence-corrected chi connectivity index (χ4v) is 4.54. The molecule has 8 heteroatoms. The van der Waals surface area contributed by atoms with Crippen LogP contribution in [-0.2, 0) is 14.8 Å². The van der Waals surface area contributed by atoms with Gasteiger partial charge >= 0.3 is 5.97 Å². The summed E-state index contributed by atoms with van der Waals surface area (Å²) in [4.78, 5) is 10.5. The molecule has 0 bridgehead atoms. The Labute approximate surface area is 124 Å². The maximum absolute atomic E-state index is 13.7. The Hall–Kier alpha value is -0.760. The minimum Gasteiger partial charge on any atom is -0.481 e. The van der Waals surface area contributed by atoms with Crippen LogP contribution in [-0.4, -0.2) is 36.7 Å². The van der Waals surface area contributed by atoms with E-state index in [2.05, 4.69) is 4.72 Å². The molecule has 124 valence electrons. The molecule has 0 aromatic rings. The number of carboxylic acid groups (broad SMARTS) is 1. The zero-order valence-corrected chi connectivity index (χ0v) is 13.2. The number of nitrogens with one attached hydrogen (secondary N) is 1. The Morgan fingerprint density at radius 3 is 2.52 bits per heavy atom. The van der Waals surface area contributed by atoms with E-state index in [-0.39, 0.29) is 25.7 Å². The van der Waals surface area contributed by atoms with Crippen molar-refractivity contribution in [3.05, 3.63) is 0 Å². The summed E-state index contributed by atoms with van der Waals surface area (Å²) >= 11 is 0. The molecule has 1 unspecified atom stereocenters. The van der Waals surface area contributed by atoms with Crippen LogP contribution in [0.25, 0.3) is 0 Å². The van der Waals surface area contributed by atoms with Gasteiger partial charge in [-0.1, -0.05) is 6.42 Å². The van der Waals surface area contributed by atoms with Crippen molar-refractivity contribution in [2.24, 2.45) is 5.92 Å². The van der Waals surface area contributed by atoms with Crippen molar-refractivity contribution in [2.45, 2.75) is 63.8 Å². The molecule has 0 aliphatic heterocycles. The Bertz CT molecular complexity index is 477. The molecule has 0 aromatic heterocycles. The minimum atomic E-state index is -3.88. The van der Waals surface area contributed by atoms with Crippen LogP contribution in [0.2, 0.25) is 0 Å². The van der Waals surface area contributed by atoms with Crippen molar-refractivity contribution in [2.75, 3.05) is 5.75 Å². The molecule has 0 saturated heterocycles. The fourth-order valence-electron chi connectivity index (χ4n) is 2.57. The van der Waals surface area contributed by atoms with Gasteiger partial charge in [-0.15, -0.1) is 0 Å². The van der Waals surface area contributed by atoms with Crippen LogP contribution in [0.3, 0.4) is 0 Å². The van der Waals surface area contributed by atoms with E-state index in [0.29, 0.717) is 12.8 Å². The molecular weight excluding hydrogens is 304 g/mol. The highest BCUT2D eigenvalue weighted by molar-refractivity contribution is 7.89. The first-order valence-electron chi connectivity index (χ1n) is 7.05. The Morgan fingerprint density at radius 2 is 2.00 bits per heavy atom. The molecule has 1 fully saturated rings. The predicted octanol–water partition coefficient (Wildman–Crippen LogP) is 2.37. The highest BCUT2D eigenvalue weighted by Gasteiger charge is 2.44. The molecule has 0 aromatic carbocycles. The van der Waals surface area contributed by atoms with Crippen molar-refractivity contribution in [1.29, 1.82) is 0 Å². The standard InChI is InChI=1S/C13H23F2NO4S/c1-12(2,8-6-11(17)18)16-21(19,20)9-10-5-3-4-7-13(10,14)15/h10,16H,3-9H2,1-2H3,(H,17,18). The maximum Gasteiger partial charge on any atom is 0.303 e. The normalized spacial score (nSPS) is 23.0. The number of alkyl halides is 2. The van der Waals surface area contributed by atoms with Crippen molar-refractivity contribution in [3.8, 4) is 0 Å². The Balaban J connectivity index is 2.66. The highest BCUT2D eigenvalue weighted by Crippen LogP contribution is 2.39. The Kier molecular flexibility index (Phi) is 5.71.